The molecule has 1 N–H and O–H groups in total. The van der Waals surface area contributed by atoms with Gasteiger partial charge in [0.25, 0.3) is 0 Å². The first-order valence-corrected chi connectivity index (χ1v) is 6.74. The van der Waals surface area contributed by atoms with E-state index in [0.717, 1.165) is 45.0 Å². The molecule has 1 aromatic rings. The summed E-state index contributed by atoms with van der Waals surface area (Å²) in [6, 6.07) is 8.76. The minimum absolute atomic E-state index is 0.401. The van der Waals surface area contributed by atoms with E-state index in [1.165, 1.54) is 5.56 Å². The number of ether oxygens (including phenoxy) is 1. The molecule has 1 atom stereocenters. The highest BCUT2D eigenvalue weighted by atomic mass is 16.5. The van der Waals surface area contributed by atoms with Crippen molar-refractivity contribution in [3.8, 4) is 5.75 Å². The highest BCUT2D eigenvalue weighted by molar-refractivity contribution is 5.37. The van der Waals surface area contributed by atoms with Gasteiger partial charge in [0.15, 0.2) is 0 Å². The second kappa shape index (κ2) is 5.26. The van der Waals surface area contributed by atoms with Crippen LogP contribution < -0.4 is 10.2 Å². The van der Waals surface area contributed by atoms with Crippen LogP contribution in [0.15, 0.2) is 24.3 Å². The van der Waals surface area contributed by atoms with Crippen molar-refractivity contribution in [2.75, 3.05) is 39.8 Å². The van der Waals surface area contributed by atoms with Crippen molar-refractivity contribution in [1.29, 1.82) is 0 Å². The van der Waals surface area contributed by atoms with Gasteiger partial charge in [-0.25, -0.2) is 10.4 Å². The summed E-state index contributed by atoms with van der Waals surface area (Å²) >= 11 is 0. The van der Waals surface area contributed by atoms with Crippen LogP contribution in [0.1, 0.15) is 18.0 Å². The molecule has 3 rings (SSSR count). The van der Waals surface area contributed by atoms with Gasteiger partial charge in [-0.15, -0.1) is 0 Å². The van der Waals surface area contributed by atoms with E-state index in [1.54, 1.807) is 0 Å². The summed E-state index contributed by atoms with van der Waals surface area (Å²) in [4.78, 5) is 2.37. The van der Waals surface area contributed by atoms with Crippen molar-refractivity contribution in [1.82, 2.24) is 15.3 Å². The van der Waals surface area contributed by atoms with Crippen LogP contribution in [0, 0.1) is 0 Å². The second-order valence-corrected chi connectivity index (χ2v) is 5.15. The number of fused-ring (bicyclic) bond motifs is 1. The fraction of sp³-hybridized carbons (Fsp3) is 0.571. The van der Waals surface area contributed by atoms with Crippen molar-refractivity contribution in [3.63, 3.8) is 0 Å². The number of piperazine rings is 1. The van der Waals surface area contributed by atoms with E-state index in [4.69, 9.17) is 4.74 Å². The van der Waals surface area contributed by atoms with Gasteiger partial charge in [0.1, 0.15) is 5.75 Å². The first-order chi connectivity index (χ1) is 8.83. The molecular weight excluding hydrogens is 226 g/mol. The lowest BCUT2D eigenvalue weighted by Crippen LogP contribution is -2.52. The van der Waals surface area contributed by atoms with E-state index >= 15 is 0 Å². The average Bonchev–Trinajstić information content (AvgIpc) is 2.42. The van der Waals surface area contributed by atoms with Crippen molar-refractivity contribution < 1.29 is 4.74 Å². The molecule has 0 aromatic heterocycles. The molecule has 4 heteroatoms. The van der Waals surface area contributed by atoms with Crippen molar-refractivity contribution in [2.24, 2.45) is 0 Å². The molecular formula is C14H21N3O. The number of hydrogen-bond acceptors (Lipinski definition) is 4. The molecule has 0 amide bonds. The predicted octanol–water partition coefficient (Wildman–Crippen LogP) is 1.26. The quantitative estimate of drug-likeness (QED) is 0.851. The zero-order valence-electron chi connectivity index (χ0n) is 10.9. The van der Waals surface area contributed by atoms with Crippen LogP contribution in [0.5, 0.6) is 5.75 Å². The Balaban J connectivity index is 1.67. The van der Waals surface area contributed by atoms with Crippen LogP contribution in [0.3, 0.4) is 0 Å². The smallest absolute Gasteiger partial charge is 0.124 e. The largest absolute Gasteiger partial charge is 0.493 e. The summed E-state index contributed by atoms with van der Waals surface area (Å²) in [6.07, 6.45) is 1.04. The van der Waals surface area contributed by atoms with E-state index < -0.39 is 0 Å². The number of likely N-dealkylation sites (N-methyl/N-ethyl adjacent to an activating group) is 1. The average molecular weight is 247 g/mol. The van der Waals surface area contributed by atoms with Gasteiger partial charge >= 0.3 is 0 Å². The zero-order chi connectivity index (χ0) is 12.4. The van der Waals surface area contributed by atoms with Gasteiger partial charge in [-0.2, -0.15) is 0 Å². The lowest BCUT2D eigenvalue weighted by molar-refractivity contribution is 0.0758. The molecule has 0 bridgehead atoms. The molecule has 18 heavy (non-hydrogen) atoms. The SMILES string of the molecule is CN1CCN(NC2CCOc3ccccc32)CC1. The molecule has 4 nitrogen and oxygen atoms in total. The molecule has 2 heterocycles. The maximum absolute atomic E-state index is 5.69. The highest BCUT2D eigenvalue weighted by Gasteiger charge is 2.24. The molecule has 0 radical (unpaired) electrons. The summed E-state index contributed by atoms with van der Waals surface area (Å²) < 4.78 is 5.69. The molecule has 0 spiro atoms. The van der Waals surface area contributed by atoms with Crippen molar-refractivity contribution >= 4 is 0 Å². The minimum Gasteiger partial charge on any atom is -0.493 e. The molecule has 2 aliphatic rings. The highest BCUT2D eigenvalue weighted by Crippen LogP contribution is 2.31. The number of hydrazine groups is 1. The number of para-hydroxylation sites is 1. The summed E-state index contributed by atoms with van der Waals surface area (Å²) in [5.41, 5.74) is 4.96. The Morgan fingerprint density at radius 3 is 2.78 bits per heavy atom. The molecule has 0 saturated carbocycles. The van der Waals surface area contributed by atoms with Crippen LogP contribution in [0.4, 0.5) is 0 Å². The van der Waals surface area contributed by atoms with Crippen molar-refractivity contribution in [2.45, 2.75) is 12.5 Å². The molecule has 1 saturated heterocycles. The fourth-order valence-electron chi connectivity index (χ4n) is 2.63. The summed E-state index contributed by atoms with van der Waals surface area (Å²) in [5.74, 6) is 1.04. The van der Waals surface area contributed by atoms with Gasteiger partial charge in [0.2, 0.25) is 0 Å². The lowest BCUT2D eigenvalue weighted by atomic mass is 10.0. The van der Waals surface area contributed by atoms with E-state index in [0.29, 0.717) is 6.04 Å². The van der Waals surface area contributed by atoms with Gasteiger partial charge in [-0.05, 0) is 13.1 Å². The third-order valence-electron chi connectivity index (χ3n) is 3.80. The second-order valence-electron chi connectivity index (χ2n) is 5.15. The van der Waals surface area contributed by atoms with Gasteiger partial charge in [0.05, 0.1) is 12.6 Å². The first kappa shape index (κ1) is 12.0. The Kier molecular flexibility index (Phi) is 3.50. The number of nitrogens with zero attached hydrogens (tertiary/aromatic N) is 2. The van der Waals surface area contributed by atoms with Crippen LogP contribution in [-0.4, -0.2) is 49.7 Å². The summed E-state index contributed by atoms with van der Waals surface area (Å²) in [5, 5.41) is 2.35. The topological polar surface area (TPSA) is 27.7 Å². The fourth-order valence-corrected chi connectivity index (χ4v) is 2.63. The normalized spacial score (nSPS) is 25.5. The van der Waals surface area contributed by atoms with E-state index in [9.17, 15) is 0 Å². The first-order valence-electron chi connectivity index (χ1n) is 6.74. The van der Waals surface area contributed by atoms with E-state index in [1.807, 2.05) is 6.07 Å². The number of rotatable bonds is 2. The van der Waals surface area contributed by atoms with Crippen LogP contribution in [0.25, 0.3) is 0 Å². The van der Waals surface area contributed by atoms with Crippen molar-refractivity contribution in [3.05, 3.63) is 29.8 Å². The third-order valence-corrected chi connectivity index (χ3v) is 3.80. The van der Waals surface area contributed by atoms with E-state index in [2.05, 4.69) is 40.6 Å². The Hall–Kier alpha value is -1.10. The van der Waals surface area contributed by atoms with Crippen LogP contribution >= 0.6 is 0 Å². The Morgan fingerprint density at radius 1 is 1.17 bits per heavy atom. The molecule has 1 unspecified atom stereocenters. The standard InChI is InChI=1S/C14H21N3O/c1-16-7-9-17(10-8-16)15-13-6-11-18-14-5-3-2-4-12(13)14/h2-5,13,15H,6-11H2,1H3. The lowest BCUT2D eigenvalue weighted by Gasteiger charge is -2.37. The zero-order valence-corrected chi connectivity index (χ0v) is 10.9. The molecule has 1 fully saturated rings. The number of nitrogens with one attached hydrogen (secondary N) is 1. The predicted molar refractivity (Wildman–Crippen MR) is 71.5 cm³/mol. The Labute approximate surface area is 108 Å². The minimum atomic E-state index is 0.401. The maximum atomic E-state index is 5.69. The summed E-state index contributed by atoms with van der Waals surface area (Å²) in [6.45, 7) is 5.27. The van der Waals surface area contributed by atoms with Crippen LogP contribution in [0.2, 0.25) is 0 Å². The molecule has 98 valence electrons. The number of benzene rings is 1. The Morgan fingerprint density at radius 2 is 1.94 bits per heavy atom. The summed E-state index contributed by atoms with van der Waals surface area (Å²) in [7, 11) is 2.18. The van der Waals surface area contributed by atoms with E-state index in [-0.39, 0.29) is 0 Å². The van der Waals surface area contributed by atoms with Gasteiger partial charge in [-0.1, -0.05) is 18.2 Å². The Bertz CT molecular complexity index is 402. The van der Waals surface area contributed by atoms with Gasteiger partial charge < -0.3 is 9.64 Å². The van der Waals surface area contributed by atoms with Gasteiger partial charge in [0, 0.05) is 38.2 Å². The maximum Gasteiger partial charge on any atom is 0.124 e. The molecule has 2 aliphatic heterocycles. The van der Waals surface area contributed by atoms with Gasteiger partial charge in [-0.3, -0.25) is 0 Å². The molecule has 0 aliphatic carbocycles. The van der Waals surface area contributed by atoms with Crippen LogP contribution in [-0.2, 0) is 0 Å². The molecule has 1 aromatic carbocycles. The third kappa shape index (κ3) is 2.51. The monoisotopic (exact) mass is 247 g/mol. The number of hydrogen-bond donors (Lipinski definition) is 1.